The Kier molecular flexibility index (Phi) is 2.25. The van der Waals surface area contributed by atoms with Crippen LogP contribution in [0.3, 0.4) is 0 Å². The SMILES string of the molecule is [C-]#[N+]C(C#N)=C1C=C[C]C=C1. The van der Waals surface area contributed by atoms with Crippen LogP contribution in [0.4, 0.5) is 0 Å². The van der Waals surface area contributed by atoms with Crippen LogP contribution in [0.5, 0.6) is 0 Å². The highest BCUT2D eigenvalue weighted by atomic mass is 14.7. The van der Waals surface area contributed by atoms with Crippen molar-refractivity contribution in [1.82, 2.24) is 0 Å². The molecule has 2 heteroatoms. The fraction of sp³-hybridized carbons (Fsp3) is 0. The summed E-state index contributed by atoms with van der Waals surface area (Å²) in [6.07, 6.45) is 9.55. The Balaban J connectivity index is 3.06. The summed E-state index contributed by atoms with van der Waals surface area (Å²) in [5.74, 6) is 0. The second-order valence-corrected chi connectivity index (χ2v) is 1.86. The average molecular weight is 140 g/mol. The molecule has 1 aliphatic carbocycles. The first-order valence-corrected chi connectivity index (χ1v) is 2.99. The van der Waals surface area contributed by atoms with E-state index >= 15 is 0 Å². The largest absolute Gasteiger partial charge is 0.268 e. The highest BCUT2D eigenvalue weighted by Gasteiger charge is 2.00. The third-order valence-electron chi connectivity index (χ3n) is 1.21. The summed E-state index contributed by atoms with van der Waals surface area (Å²) in [6.45, 7) is 6.65. The van der Waals surface area contributed by atoms with Gasteiger partial charge in [0.2, 0.25) is 0 Å². The fourth-order valence-corrected chi connectivity index (χ4v) is 0.699. The molecule has 11 heavy (non-hydrogen) atoms. The zero-order chi connectivity index (χ0) is 8.10. The standard InChI is InChI=1S/C9H4N2/c1-11-9(7-10)8-5-3-2-4-6-8/h3-6H. The van der Waals surface area contributed by atoms with Crippen LogP contribution in [0.25, 0.3) is 4.85 Å². The van der Waals surface area contributed by atoms with E-state index in [2.05, 4.69) is 11.3 Å². The molecule has 0 amide bonds. The fourth-order valence-electron chi connectivity index (χ4n) is 0.699. The van der Waals surface area contributed by atoms with Crippen LogP contribution < -0.4 is 0 Å². The average Bonchev–Trinajstić information content (AvgIpc) is 2.09. The number of nitriles is 1. The summed E-state index contributed by atoms with van der Waals surface area (Å²) in [6, 6.07) is 1.82. The van der Waals surface area contributed by atoms with Crippen LogP contribution in [0.1, 0.15) is 0 Å². The lowest BCUT2D eigenvalue weighted by molar-refractivity contribution is 1.45. The van der Waals surface area contributed by atoms with Crippen molar-refractivity contribution in [2.75, 3.05) is 0 Å². The molecule has 1 rings (SSSR count). The Hall–Kier alpha value is -1.80. The monoisotopic (exact) mass is 140 g/mol. The van der Waals surface area contributed by atoms with Crippen LogP contribution in [-0.4, -0.2) is 0 Å². The lowest BCUT2D eigenvalue weighted by Gasteiger charge is -1.97. The molecule has 50 valence electrons. The van der Waals surface area contributed by atoms with Gasteiger partial charge in [-0.3, -0.25) is 0 Å². The Morgan fingerprint density at radius 3 is 2.64 bits per heavy atom. The van der Waals surface area contributed by atoms with E-state index in [1.165, 1.54) is 0 Å². The number of allylic oxidation sites excluding steroid dienone is 6. The van der Waals surface area contributed by atoms with Gasteiger partial charge in [0.05, 0.1) is 12.6 Å². The van der Waals surface area contributed by atoms with E-state index in [-0.39, 0.29) is 5.70 Å². The molecule has 2 nitrogen and oxygen atoms in total. The molecule has 2 radical (unpaired) electrons. The van der Waals surface area contributed by atoms with E-state index in [4.69, 9.17) is 11.8 Å². The zero-order valence-corrected chi connectivity index (χ0v) is 5.70. The predicted octanol–water partition coefficient (Wildman–Crippen LogP) is 1.89. The molecule has 0 aromatic carbocycles. The first kappa shape index (κ1) is 7.31. The van der Waals surface area contributed by atoms with Gasteiger partial charge in [0.25, 0.3) is 5.70 Å². The van der Waals surface area contributed by atoms with Crippen molar-refractivity contribution in [1.29, 1.82) is 5.26 Å². The molecule has 0 spiro atoms. The third-order valence-corrected chi connectivity index (χ3v) is 1.21. The van der Waals surface area contributed by atoms with E-state index in [9.17, 15) is 0 Å². The summed E-state index contributed by atoms with van der Waals surface area (Å²) in [4.78, 5) is 3.07. The Morgan fingerprint density at radius 1 is 1.55 bits per heavy atom. The maximum atomic E-state index is 8.47. The summed E-state index contributed by atoms with van der Waals surface area (Å²) < 4.78 is 0. The predicted molar refractivity (Wildman–Crippen MR) is 40.8 cm³/mol. The summed E-state index contributed by atoms with van der Waals surface area (Å²) in [7, 11) is 0. The molecule has 0 fully saturated rings. The minimum absolute atomic E-state index is 0.124. The lowest BCUT2D eigenvalue weighted by Crippen LogP contribution is -1.82. The molecule has 0 N–H and O–H groups in total. The van der Waals surface area contributed by atoms with E-state index in [1.54, 1.807) is 24.3 Å². The van der Waals surface area contributed by atoms with Crippen molar-refractivity contribution in [2.24, 2.45) is 0 Å². The minimum atomic E-state index is 0.124. The van der Waals surface area contributed by atoms with E-state index < -0.39 is 0 Å². The number of hydrogen-bond acceptors (Lipinski definition) is 1. The lowest BCUT2D eigenvalue weighted by atomic mass is 10.1. The topological polar surface area (TPSA) is 28.1 Å². The van der Waals surface area contributed by atoms with Gasteiger partial charge < -0.3 is 0 Å². The molecule has 0 aromatic rings. The van der Waals surface area contributed by atoms with Crippen molar-refractivity contribution in [3.63, 3.8) is 0 Å². The van der Waals surface area contributed by atoms with Crippen molar-refractivity contribution in [2.45, 2.75) is 0 Å². The van der Waals surface area contributed by atoms with Gasteiger partial charge in [-0.15, -0.1) is 0 Å². The van der Waals surface area contributed by atoms with Crippen molar-refractivity contribution in [3.05, 3.63) is 53.4 Å². The first-order chi connectivity index (χ1) is 5.38. The van der Waals surface area contributed by atoms with Crippen LogP contribution in [0, 0.1) is 24.3 Å². The quantitative estimate of drug-likeness (QED) is 0.373. The minimum Gasteiger partial charge on any atom is -0.226 e. The second kappa shape index (κ2) is 3.39. The summed E-state index contributed by atoms with van der Waals surface area (Å²) in [5, 5.41) is 8.47. The van der Waals surface area contributed by atoms with Crippen molar-refractivity contribution in [3.8, 4) is 6.07 Å². The molecular formula is C9H4N2. The molecule has 1 aliphatic rings. The number of hydrogen-bond donors (Lipinski definition) is 0. The molecule has 0 saturated heterocycles. The Labute approximate surface area is 65.6 Å². The van der Waals surface area contributed by atoms with Crippen LogP contribution >= 0.6 is 0 Å². The van der Waals surface area contributed by atoms with Crippen molar-refractivity contribution >= 4 is 0 Å². The highest BCUT2D eigenvalue weighted by molar-refractivity contribution is 5.48. The molecule has 0 aromatic heterocycles. The molecule has 0 saturated carbocycles. The normalized spacial score (nSPS) is 13.8. The molecule has 0 heterocycles. The van der Waals surface area contributed by atoms with Gasteiger partial charge in [-0.2, -0.15) is 0 Å². The third kappa shape index (κ3) is 1.56. The van der Waals surface area contributed by atoms with Gasteiger partial charge in [-0.25, -0.2) is 10.1 Å². The molecule has 0 bridgehead atoms. The Morgan fingerprint density at radius 2 is 2.18 bits per heavy atom. The van der Waals surface area contributed by atoms with Crippen LogP contribution in [-0.2, 0) is 0 Å². The molecular weight excluding hydrogens is 136 g/mol. The number of nitrogens with zero attached hydrogens (tertiary/aromatic N) is 2. The summed E-state index contributed by atoms with van der Waals surface area (Å²) >= 11 is 0. The first-order valence-electron chi connectivity index (χ1n) is 2.99. The van der Waals surface area contributed by atoms with E-state index in [1.807, 2.05) is 6.07 Å². The summed E-state index contributed by atoms with van der Waals surface area (Å²) in [5.41, 5.74) is 0.778. The number of rotatable bonds is 0. The zero-order valence-electron chi connectivity index (χ0n) is 5.70. The van der Waals surface area contributed by atoms with Crippen LogP contribution in [0.2, 0.25) is 0 Å². The maximum Gasteiger partial charge on any atom is 0.268 e. The molecule has 0 unspecified atom stereocenters. The highest BCUT2D eigenvalue weighted by Crippen LogP contribution is 2.12. The van der Waals surface area contributed by atoms with Crippen LogP contribution in [0.15, 0.2) is 35.6 Å². The molecule has 0 atom stereocenters. The van der Waals surface area contributed by atoms with Gasteiger partial charge in [-0.05, 0) is 5.57 Å². The van der Waals surface area contributed by atoms with E-state index in [0.29, 0.717) is 5.57 Å². The smallest absolute Gasteiger partial charge is 0.226 e. The van der Waals surface area contributed by atoms with E-state index in [0.717, 1.165) is 0 Å². The second-order valence-electron chi connectivity index (χ2n) is 1.86. The molecule has 0 aliphatic heterocycles. The Bertz CT molecular complexity index is 288. The van der Waals surface area contributed by atoms with Crippen molar-refractivity contribution < 1.29 is 0 Å². The van der Waals surface area contributed by atoms with Gasteiger partial charge in [-0.1, -0.05) is 24.3 Å². The van der Waals surface area contributed by atoms with Gasteiger partial charge in [0.15, 0.2) is 0 Å². The van der Waals surface area contributed by atoms with Gasteiger partial charge in [0.1, 0.15) is 0 Å². The van der Waals surface area contributed by atoms with Gasteiger partial charge >= 0.3 is 0 Å². The maximum absolute atomic E-state index is 8.47. The van der Waals surface area contributed by atoms with Gasteiger partial charge in [0, 0.05) is 6.42 Å².